The van der Waals surface area contributed by atoms with Crippen LogP contribution in [0.2, 0.25) is 0 Å². The maximum absolute atomic E-state index is 6.05. The number of fused-ring (bicyclic) bond motifs is 2. The van der Waals surface area contributed by atoms with Gasteiger partial charge in [-0.3, -0.25) is 0 Å². The van der Waals surface area contributed by atoms with E-state index in [-0.39, 0.29) is 0 Å². The summed E-state index contributed by atoms with van der Waals surface area (Å²) in [4.78, 5) is 0. The summed E-state index contributed by atoms with van der Waals surface area (Å²) >= 11 is 0. The van der Waals surface area contributed by atoms with Crippen molar-refractivity contribution >= 4 is 16.3 Å². The van der Waals surface area contributed by atoms with Crippen molar-refractivity contribution in [1.82, 2.24) is 0 Å². The van der Waals surface area contributed by atoms with Crippen molar-refractivity contribution in [3.05, 3.63) is 59.9 Å². The van der Waals surface area contributed by atoms with E-state index >= 15 is 0 Å². The van der Waals surface area contributed by atoms with Gasteiger partial charge in [-0.1, -0.05) is 43.3 Å². The molecule has 88 valence electrons. The van der Waals surface area contributed by atoms with Gasteiger partial charge in [0.05, 0.1) is 0 Å². The Morgan fingerprint density at radius 1 is 1.11 bits per heavy atom. The van der Waals surface area contributed by atoms with Gasteiger partial charge in [0.15, 0.2) is 0 Å². The van der Waals surface area contributed by atoms with Crippen LogP contribution in [-0.4, -0.2) is 0 Å². The van der Waals surface area contributed by atoms with E-state index in [2.05, 4.69) is 55.5 Å². The highest BCUT2D eigenvalue weighted by atomic mass is 16.5. The van der Waals surface area contributed by atoms with E-state index in [4.69, 9.17) is 4.74 Å². The molecule has 1 unspecified atom stereocenters. The van der Waals surface area contributed by atoms with Crippen LogP contribution in [0.1, 0.15) is 18.9 Å². The van der Waals surface area contributed by atoms with Gasteiger partial charge in [-0.15, -0.1) is 0 Å². The average molecular weight is 234 g/mol. The van der Waals surface area contributed by atoms with Gasteiger partial charge in [0, 0.05) is 11.0 Å². The average Bonchev–Trinajstić information content (AvgIpc) is 2.40. The Balaban J connectivity index is 2.10. The standard InChI is InChI=1S/C17H14O/c1-11-8-9-15-14(10-11)13-6-2-4-12-5-3-7-16(18-15)17(12)13/h2-7,9-11H,8H2,1H3. The minimum absolute atomic E-state index is 0.591. The highest BCUT2D eigenvalue weighted by molar-refractivity contribution is 6.03. The predicted octanol–water partition coefficient (Wildman–Crippen LogP) is 4.54. The minimum Gasteiger partial charge on any atom is -0.456 e. The van der Waals surface area contributed by atoms with Gasteiger partial charge in [0.2, 0.25) is 0 Å². The number of benzene rings is 2. The highest BCUT2D eigenvalue weighted by Gasteiger charge is 2.24. The van der Waals surface area contributed by atoms with Crippen LogP contribution >= 0.6 is 0 Å². The Hall–Kier alpha value is -2.02. The van der Waals surface area contributed by atoms with Gasteiger partial charge in [-0.05, 0) is 35.4 Å². The molecule has 1 aliphatic heterocycles. The highest BCUT2D eigenvalue weighted by Crippen LogP contribution is 2.43. The molecule has 4 rings (SSSR count). The zero-order chi connectivity index (χ0) is 12.1. The van der Waals surface area contributed by atoms with Crippen LogP contribution in [0.3, 0.4) is 0 Å². The largest absolute Gasteiger partial charge is 0.456 e. The lowest BCUT2D eigenvalue weighted by molar-refractivity contribution is 0.441. The summed E-state index contributed by atoms with van der Waals surface area (Å²) in [5, 5.41) is 2.50. The summed E-state index contributed by atoms with van der Waals surface area (Å²) in [7, 11) is 0. The van der Waals surface area contributed by atoms with Gasteiger partial charge in [-0.2, -0.15) is 0 Å². The first kappa shape index (κ1) is 9.95. The molecule has 0 amide bonds. The molecule has 1 aliphatic carbocycles. The number of hydrogen-bond donors (Lipinski definition) is 0. The van der Waals surface area contributed by atoms with Crippen molar-refractivity contribution in [1.29, 1.82) is 0 Å². The van der Waals surface area contributed by atoms with Crippen LogP contribution in [0.15, 0.2) is 54.3 Å². The predicted molar refractivity (Wildman–Crippen MR) is 74.4 cm³/mol. The van der Waals surface area contributed by atoms with E-state index in [0.29, 0.717) is 5.92 Å². The third-order valence-corrected chi connectivity index (χ3v) is 3.77. The molecule has 1 nitrogen and oxygen atoms in total. The van der Waals surface area contributed by atoms with E-state index in [9.17, 15) is 0 Å². The molecule has 0 aromatic heterocycles. The molecule has 2 aromatic carbocycles. The van der Waals surface area contributed by atoms with Crippen LogP contribution in [0.4, 0.5) is 0 Å². The molecule has 1 atom stereocenters. The Morgan fingerprint density at radius 2 is 1.94 bits per heavy atom. The molecule has 0 spiro atoms. The Morgan fingerprint density at radius 3 is 2.83 bits per heavy atom. The van der Waals surface area contributed by atoms with Crippen molar-refractivity contribution in [3.63, 3.8) is 0 Å². The third kappa shape index (κ3) is 1.28. The topological polar surface area (TPSA) is 9.23 Å². The molecule has 1 heteroatoms. The third-order valence-electron chi connectivity index (χ3n) is 3.77. The van der Waals surface area contributed by atoms with Crippen molar-refractivity contribution in [2.45, 2.75) is 13.3 Å². The fourth-order valence-electron chi connectivity index (χ4n) is 2.89. The fourth-order valence-corrected chi connectivity index (χ4v) is 2.89. The monoisotopic (exact) mass is 234 g/mol. The number of rotatable bonds is 0. The summed E-state index contributed by atoms with van der Waals surface area (Å²) in [5.74, 6) is 2.60. The Labute approximate surface area is 106 Å². The van der Waals surface area contributed by atoms with E-state index in [1.165, 1.54) is 21.9 Å². The van der Waals surface area contributed by atoms with E-state index < -0.39 is 0 Å². The summed E-state index contributed by atoms with van der Waals surface area (Å²) < 4.78 is 6.05. The molecule has 0 saturated heterocycles. The number of allylic oxidation sites excluding steroid dienone is 3. The lowest BCUT2D eigenvalue weighted by Gasteiger charge is -2.26. The Kier molecular flexibility index (Phi) is 1.93. The molecule has 1 heterocycles. The quantitative estimate of drug-likeness (QED) is 0.650. The molecule has 0 fully saturated rings. The second-order valence-electron chi connectivity index (χ2n) is 5.12. The Bertz CT molecular complexity index is 701. The molecule has 0 saturated carbocycles. The zero-order valence-corrected chi connectivity index (χ0v) is 10.3. The first-order valence-electron chi connectivity index (χ1n) is 6.45. The normalized spacial score (nSPS) is 20.8. The minimum atomic E-state index is 0.591. The van der Waals surface area contributed by atoms with Crippen molar-refractivity contribution in [2.24, 2.45) is 5.92 Å². The van der Waals surface area contributed by atoms with Gasteiger partial charge >= 0.3 is 0 Å². The lowest BCUT2D eigenvalue weighted by Crippen LogP contribution is -2.10. The maximum Gasteiger partial charge on any atom is 0.135 e. The van der Waals surface area contributed by atoms with E-state index in [1.807, 2.05) is 0 Å². The summed E-state index contributed by atoms with van der Waals surface area (Å²) in [5.41, 5.74) is 2.57. The van der Waals surface area contributed by atoms with Crippen molar-refractivity contribution < 1.29 is 4.74 Å². The first-order chi connectivity index (χ1) is 8.83. The van der Waals surface area contributed by atoms with Crippen LogP contribution in [0.5, 0.6) is 5.75 Å². The van der Waals surface area contributed by atoms with Crippen molar-refractivity contribution in [3.8, 4) is 5.75 Å². The van der Waals surface area contributed by atoms with Crippen LogP contribution in [-0.2, 0) is 0 Å². The van der Waals surface area contributed by atoms with Gasteiger partial charge in [-0.25, -0.2) is 0 Å². The van der Waals surface area contributed by atoms with Crippen LogP contribution < -0.4 is 4.74 Å². The molecule has 0 N–H and O–H groups in total. The lowest BCUT2D eigenvalue weighted by atomic mass is 9.87. The molecular formula is C17H14O. The summed E-state index contributed by atoms with van der Waals surface area (Å²) in [6, 6.07) is 12.7. The maximum atomic E-state index is 6.05. The molecule has 0 bridgehead atoms. The molecule has 2 aliphatic rings. The van der Waals surface area contributed by atoms with Gasteiger partial charge in [0.1, 0.15) is 11.5 Å². The van der Waals surface area contributed by atoms with E-state index in [0.717, 1.165) is 17.9 Å². The summed E-state index contributed by atoms with van der Waals surface area (Å²) in [6.45, 7) is 2.25. The number of hydrogen-bond acceptors (Lipinski definition) is 1. The second-order valence-corrected chi connectivity index (χ2v) is 5.12. The van der Waals surface area contributed by atoms with Crippen LogP contribution in [0.25, 0.3) is 16.3 Å². The molecular weight excluding hydrogens is 220 g/mol. The molecule has 2 aromatic rings. The van der Waals surface area contributed by atoms with Crippen molar-refractivity contribution in [2.75, 3.05) is 0 Å². The second kappa shape index (κ2) is 3.49. The van der Waals surface area contributed by atoms with Gasteiger partial charge in [0.25, 0.3) is 0 Å². The first-order valence-corrected chi connectivity index (χ1v) is 6.45. The SMILES string of the molecule is CC1C=C2C(=CC1)Oc1cccc3cccc2c13. The molecule has 18 heavy (non-hydrogen) atoms. The summed E-state index contributed by atoms with van der Waals surface area (Å²) in [6.07, 6.45) is 5.62. The number of ether oxygens (including phenoxy) is 1. The van der Waals surface area contributed by atoms with Gasteiger partial charge < -0.3 is 4.74 Å². The smallest absolute Gasteiger partial charge is 0.135 e. The van der Waals surface area contributed by atoms with E-state index in [1.54, 1.807) is 0 Å². The fraction of sp³-hybridized carbons (Fsp3) is 0.176. The molecule has 0 radical (unpaired) electrons. The zero-order valence-electron chi connectivity index (χ0n) is 10.3. The van der Waals surface area contributed by atoms with Crippen LogP contribution in [0, 0.1) is 5.92 Å².